The number of hydrogen-bond donors (Lipinski definition) is 4. The molecule has 0 aliphatic carbocycles. The average molecular weight is 375 g/mol. The van der Waals surface area contributed by atoms with Gasteiger partial charge in [0.2, 0.25) is 5.91 Å². The monoisotopic (exact) mass is 375 g/mol. The number of fused-ring (bicyclic) bond motifs is 2. The number of nitrogens with one attached hydrogen (secondary N) is 4. The number of aromatic nitrogens is 1. The lowest BCUT2D eigenvalue weighted by Gasteiger charge is -2.26. The number of anilines is 1. The Bertz CT molecular complexity index is 1010. The van der Waals surface area contributed by atoms with E-state index in [2.05, 4.69) is 56.4 Å². The van der Waals surface area contributed by atoms with Crippen LogP contribution in [-0.2, 0) is 11.2 Å². The molecule has 1 unspecified atom stereocenters. The van der Waals surface area contributed by atoms with Gasteiger partial charge in [0, 0.05) is 55.3 Å². The summed E-state index contributed by atoms with van der Waals surface area (Å²) in [6, 6.07) is 16.3. The van der Waals surface area contributed by atoms with Crippen LogP contribution >= 0.6 is 0 Å². The van der Waals surface area contributed by atoms with Gasteiger partial charge in [0.25, 0.3) is 0 Å². The van der Waals surface area contributed by atoms with Gasteiger partial charge in [-0.05, 0) is 29.7 Å². The first kappa shape index (κ1) is 18.1. The molecule has 0 saturated carbocycles. The number of amides is 1. The molecular weight excluding hydrogens is 350 g/mol. The number of hydrogen-bond acceptors (Lipinski definition) is 2. The number of carbonyl (C=O) groups excluding carboxylic acids is 1. The summed E-state index contributed by atoms with van der Waals surface area (Å²) in [5, 5.41) is 10.9. The number of para-hydroxylation sites is 2. The number of guanidine groups is 1. The van der Waals surface area contributed by atoms with Gasteiger partial charge in [-0.2, -0.15) is 0 Å². The Hall–Kier alpha value is -3.28. The van der Waals surface area contributed by atoms with Crippen molar-refractivity contribution < 1.29 is 4.79 Å². The van der Waals surface area contributed by atoms with Gasteiger partial charge in [-0.1, -0.05) is 36.4 Å². The predicted molar refractivity (Wildman–Crippen MR) is 114 cm³/mol. The molecule has 1 aromatic heterocycles. The molecule has 0 spiro atoms. The number of nitrogens with zero attached hydrogens (tertiary/aromatic N) is 1. The summed E-state index contributed by atoms with van der Waals surface area (Å²) in [6.07, 6.45) is 3.45. The predicted octanol–water partition coefficient (Wildman–Crippen LogP) is 3.00. The van der Waals surface area contributed by atoms with Crippen molar-refractivity contribution in [2.75, 3.05) is 25.5 Å². The van der Waals surface area contributed by atoms with Crippen molar-refractivity contribution >= 4 is 28.5 Å². The summed E-state index contributed by atoms with van der Waals surface area (Å²) in [7, 11) is 1.77. The lowest BCUT2D eigenvalue weighted by molar-refractivity contribution is -0.116. The Morgan fingerprint density at radius 3 is 2.86 bits per heavy atom. The number of aliphatic imine (C=N–C) groups is 1. The largest absolute Gasteiger partial charge is 0.361 e. The summed E-state index contributed by atoms with van der Waals surface area (Å²) in [5.74, 6) is 0.952. The molecule has 6 nitrogen and oxygen atoms in total. The molecule has 0 radical (unpaired) electrons. The molecule has 1 amide bonds. The lowest BCUT2D eigenvalue weighted by Crippen LogP contribution is -2.41. The van der Waals surface area contributed by atoms with Crippen molar-refractivity contribution in [3.05, 3.63) is 65.9 Å². The highest BCUT2D eigenvalue weighted by atomic mass is 16.1. The molecule has 3 aromatic rings. The molecule has 2 heterocycles. The molecule has 4 N–H and O–H groups in total. The van der Waals surface area contributed by atoms with E-state index in [0.29, 0.717) is 13.0 Å². The topological polar surface area (TPSA) is 81.3 Å². The maximum atomic E-state index is 12.0. The van der Waals surface area contributed by atoms with E-state index in [1.807, 2.05) is 24.3 Å². The number of rotatable bonds is 5. The third kappa shape index (κ3) is 3.86. The zero-order valence-corrected chi connectivity index (χ0v) is 16.0. The van der Waals surface area contributed by atoms with Gasteiger partial charge in [0.05, 0.1) is 0 Å². The summed E-state index contributed by atoms with van der Waals surface area (Å²) >= 11 is 0. The molecule has 0 bridgehead atoms. The number of carbonyl (C=O) groups is 1. The molecular formula is C22H25N5O. The first-order chi connectivity index (χ1) is 13.7. The van der Waals surface area contributed by atoms with Crippen molar-refractivity contribution in [2.24, 2.45) is 4.99 Å². The first-order valence-corrected chi connectivity index (χ1v) is 9.63. The normalized spacial score (nSPS) is 16.5. The maximum Gasteiger partial charge on any atom is 0.225 e. The zero-order valence-electron chi connectivity index (χ0n) is 16.0. The summed E-state index contributed by atoms with van der Waals surface area (Å²) in [5.41, 5.74) is 4.53. The number of benzene rings is 2. The summed E-state index contributed by atoms with van der Waals surface area (Å²) in [4.78, 5) is 19.6. The van der Waals surface area contributed by atoms with Crippen LogP contribution < -0.4 is 16.0 Å². The molecule has 4 rings (SSSR count). The van der Waals surface area contributed by atoms with Crippen LogP contribution in [0, 0.1) is 0 Å². The Morgan fingerprint density at radius 2 is 1.96 bits per heavy atom. The first-order valence-electron chi connectivity index (χ1n) is 9.63. The van der Waals surface area contributed by atoms with E-state index in [4.69, 9.17) is 0 Å². The van der Waals surface area contributed by atoms with Crippen LogP contribution in [0.5, 0.6) is 0 Å². The van der Waals surface area contributed by atoms with Crippen molar-refractivity contribution in [1.82, 2.24) is 15.6 Å². The fraction of sp³-hybridized carbons (Fsp3) is 0.273. The van der Waals surface area contributed by atoms with Gasteiger partial charge in [0.1, 0.15) is 0 Å². The van der Waals surface area contributed by atoms with Gasteiger partial charge < -0.3 is 20.9 Å². The molecule has 28 heavy (non-hydrogen) atoms. The standard InChI is InChI=1S/C22H25N5O/c1-23-22(24-11-10-15-13-25-19-8-4-2-6-17(15)19)26-14-16-12-21(28)27-20-9-5-3-7-18(16)20/h2-9,13,16,25H,10-12,14H2,1H3,(H,27,28)(H2,23,24,26). The highest BCUT2D eigenvalue weighted by molar-refractivity contribution is 5.94. The van der Waals surface area contributed by atoms with Crippen molar-refractivity contribution in [1.29, 1.82) is 0 Å². The minimum absolute atomic E-state index is 0.0628. The fourth-order valence-electron chi connectivity index (χ4n) is 3.78. The number of aromatic amines is 1. The molecule has 0 fully saturated rings. The second-order valence-electron chi connectivity index (χ2n) is 7.03. The third-order valence-corrected chi connectivity index (χ3v) is 5.21. The highest BCUT2D eigenvalue weighted by Gasteiger charge is 2.24. The van der Waals surface area contributed by atoms with E-state index < -0.39 is 0 Å². The van der Waals surface area contributed by atoms with E-state index in [9.17, 15) is 4.79 Å². The smallest absolute Gasteiger partial charge is 0.225 e. The molecule has 1 aliphatic rings. The van der Waals surface area contributed by atoms with Crippen LogP contribution in [0.25, 0.3) is 10.9 Å². The van der Waals surface area contributed by atoms with Crippen molar-refractivity contribution in [3.63, 3.8) is 0 Å². The fourth-order valence-corrected chi connectivity index (χ4v) is 3.78. The van der Waals surface area contributed by atoms with E-state index in [1.54, 1.807) is 7.05 Å². The quantitative estimate of drug-likeness (QED) is 0.409. The van der Waals surface area contributed by atoms with E-state index in [1.165, 1.54) is 16.5 Å². The Kier molecular flexibility index (Phi) is 5.28. The van der Waals surface area contributed by atoms with Crippen LogP contribution in [0.15, 0.2) is 59.7 Å². The van der Waals surface area contributed by atoms with Crippen LogP contribution in [0.3, 0.4) is 0 Å². The molecule has 144 valence electrons. The van der Waals surface area contributed by atoms with E-state index >= 15 is 0 Å². The van der Waals surface area contributed by atoms with Crippen LogP contribution in [0.2, 0.25) is 0 Å². The summed E-state index contributed by atoms with van der Waals surface area (Å²) < 4.78 is 0. The van der Waals surface area contributed by atoms with Crippen LogP contribution in [-0.4, -0.2) is 37.0 Å². The lowest BCUT2D eigenvalue weighted by atomic mass is 9.90. The molecule has 1 aliphatic heterocycles. The third-order valence-electron chi connectivity index (χ3n) is 5.21. The second-order valence-corrected chi connectivity index (χ2v) is 7.03. The highest BCUT2D eigenvalue weighted by Crippen LogP contribution is 2.31. The number of H-pyrrole nitrogens is 1. The Morgan fingerprint density at radius 1 is 1.14 bits per heavy atom. The molecule has 6 heteroatoms. The van der Waals surface area contributed by atoms with Crippen LogP contribution in [0.1, 0.15) is 23.5 Å². The van der Waals surface area contributed by atoms with Gasteiger partial charge >= 0.3 is 0 Å². The van der Waals surface area contributed by atoms with Gasteiger partial charge in [0.15, 0.2) is 5.96 Å². The van der Waals surface area contributed by atoms with Crippen molar-refractivity contribution in [3.8, 4) is 0 Å². The second kappa shape index (κ2) is 8.17. The van der Waals surface area contributed by atoms with E-state index in [0.717, 1.165) is 30.1 Å². The minimum atomic E-state index is 0.0628. The SMILES string of the molecule is CN=C(NCCc1c[nH]c2ccccc12)NCC1CC(=O)Nc2ccccc21. The molecule has 2 aromatic carbocycles. The van der Waals surface area contributed by atoms with Gasteiger partial charge in [-0.25, -0.2) is 0 Å². The molecule has 1 atom stereocenters. The molecule has 0 saturated heterocycles. The van der Waals surface area contributed by atoms with Crippen LogP contribution in [0.4, 0.5) is 5.69 Å². The van der Waals surface area contributed by atoms with E-state index in [-0.39, 0.29) is 11.8 Å². The summed E-state index contributed by atoms with van der Waals surface area (Å²) in [6.45, 7) is 1.44. The minimum Gasteiger partial charge on any atom is -0.361 e. The maximum absolute atomic E-state index is 12.0. The van der Waals surface area contributed by atoms with Crippen molar-refractivity contribution in [2.45, 2.75) is 18.8 Å². The zero-order chi connectivity index (χ0) is 19.3. The van der Waals surface area contributed by atoms with Gasteiger partial charge in [-0.15, -0.1) is 0 Å². The Balaban J connectivity index is 1.32. The Labute approximate surface area is 164 Å². The average Bonchev–Trinajstić information content (AvgIpc) is 3.13. The van der Waals surface area contributed by atoms with Gasteiger partial charge in [-0.3, -0.25) is 9.79 Å².